The molecule has 3 atom stereocenters. The second kappa shape index (κ2) is 13.0. The molecule has 1 aromatic rings. The van der Waals surface area contributed by atoms with Crippen molar-refractivity contribution in [2.75, 3.05) is 47.1 Å². The predicted octanol–water partition coefficient (Wildman–Crippen LogP) is 4.38. The van der Waals surface area contributed by atoms with Gasteiger partial charge in [-0.3, -0.25) is 0 Å². The Morgan fingerprint density at radius 3 is 2.41 bits per heavy atom. The van der Waals surface area contributed by atoms with E-state index in [1.807, 2.05) is 39.0 Å². The maximum absolute atomic E-state index is 12.6. The van der Waals surface area contributed by atoms with Crippen molar-refractivity contribution in [1.29, 1.82) is 0 Å². The van der Waals surface area contributed by atoms with Crippen LogP contribution in [0.2, 0.25) is 0 Å². The number of carbonyl (C=O) groups excluding carboxylic acids is 1. The summed E-state index contributed by atoms with van der Waals surface area (Å²) >= 11 is 0. The highest BCUT2D eigenvalue weighted by Crippen LogP contribution is 2.35. The maximum atomic E-state index is 12.6. The number of hydrogen-bond acceptors (Lipinski definition) is 7. The Kier molecular flexibility index (Phi) is 10.8. The van der Waals surface area contributed by atoms with Gasteiger partial charge in [-0.2, -0.15) is 0 Å². The molecule has 0 spiro atoms. The van der Waals surface area contributed by atoms with Crippen molar-refractivity contribution in [3.63, 3.8) is 0 Å². The fourth-order valence-corrected chi connectivity index (χ4v) is 4.05. The number of benzene rings is 1. The van der Waals surface area contributed by atoms with Gasteiger partial charge in [-0.05, 0) is 51.2 Å². The molecule has 1 heterocycles. The fraction of sp³-hybridized carbons (Fsp3) is 0.731. The standard InChI is InChI=1S/C26H43NO7/c1-18(2)23(13-19-15-27(16-20(19)17-28)25(29)34-26(3,4)5)33-21-9-10-22(31-7)24(14-21)32-12-8-11-30-6/h9-10,14,18-20,23,28H,8,11-13,15-17H2,1-7H3/t19?,20?,23-/m0/s1. The van der Waals surface area contributed by atoms with Crippen molar-refractivity contribution in [2.45, 2.75) is 59.2 Å². The fourth-order valence-electron chi connectivity index (χ4n) is 4.05. The summed E-state index contributed by atoms with van der Waals surface area (Å²) in [4.78, 5) is 14.3. The quantitative estimate of drug-likeness (QED) is 0.443. The van der Waals surface area contributed by atoms with E-state index in [-0.39, 0.29) is 36.6 Å². The average molecular weight is 482 g/mol. The molecule has 8 heteroatoms. The van der Waals surface area contributed by atoms with Crippen LogP contribution in [-0.2, 0) is 9.47 Å². The molecule has 1 saturated heterocycles. The van der Waals surface area contributed by atoms with Crippen molar-refractivity contribution < 1.29 is 33.6 Å². The van der Waals surface area contributed by atoms with Crippen molar-refractivity contribution in [3.05, 3.63) is 18.2 Å². The lowest BCUT2D eigenvalue weighted by atomic mass is 9.88. The van der Waals surface area contributed by atoms with E-state index in [1.165, 1.54) is 0 Å². The molecule has 2 rings (SSSR count). The first kappa shape index (κ1) is 28.1. The zero-order valence-electron chi connectivity index (χ0n) is 21.8. The molecule has 1 aliphatic heterocycles. The highest BCUT2D eigenvalue weighted by molar-refractivity contribution is 5.68. The van der Waals surface area contributed by atoms with Gasteiger partial charge in [0.1, 0.15) is 17.5 Å². The molecule has 1 aliphatic rings. The number of aliphatic hydroxyl groups is 1. The maximum Gasteiger partial charge on any atom is 0.410 e. The Bertz CT molecular complexity index is 762. The van der Waals surface area contributed by atoms with Gasteiger partial charge < -0.3 is 33.7 Å². The Labute approximate surface area is 204 Å². The summed E-state index contributed by atoms with van der Waals surface area (Å²) in [5.74, 6) is 2.33. The van der Waals surface area contributed by atoms with Crippen LogP contribution < -0.4 is 14.2 Å². The van der Waals surface area contributed by atoms with E-state index in [1.54, 1.807) is 19.1 Å². The van der Waals surface area contributed by atoms with E-state index in [0.29, 0.717) is 43.6 Å². The van der Waals surface area contributed by atoms with Crippen LogP contribution in [0.15, 0.2) is 18.2 Å². The van der Waals surface area contributed by atoms with Crippen molar-refractivity contribution in [3.8, 4) is 17.2 Å². The van der Waals surface area contributed by atoms with Gasteiger partial charge in [0.2, 0.25) is 0 Å². The monoisotopic (exact) mass is 481 g/mol. The highest BCUT2D eigenvalue weighted by atomic mass is 16.6. The van der Waals surface area contributed by atoms with E-state index in [9.17, 15) is 9.90 Å². The zero-order valence-corrected chi connectivity index (χ0v) is 21.8. The Hall–Kier alpha value is -2.19. The first-order valence-electron chi connectivity index (χ1n) is 12.1. The molecule has 1 N–H and O–H groups in total. The summed E-state index contributed by atoms with van der Waals surface area (Å²) in [7, 11) is 3.28. The van der Waals surface area contributed by atoms with Gasteiger partial charge >= 0.3 is 6.09 Å². The van der Waals surface area contributed by atoms with Gasteiger partial charge in [-0.1, -0.05) is 13.8 Å². The molecule has 0 aliphatic carbocycles. The molecule has 0 aromatic heterocycles. The van der Waals surface area contributed by atoms with Crippen molar-refractivity contribution >= 4 is 6.09 Å². The van der Waals surface area contributed by atoms with Gasteiger partial charge in [0.25, 0.3) is 0 Å². The molecule has 194 valence electrons. The summed E-state index contributed by atoms with van der Waals surface area (Å²) < 4.78 is 28.3. The van der Waals surface area contributed by atoms with E-state index in [2.05, 4.69) is 13.8 Å². The molecule has 1 fully saturated rings. The number of rotatable bonds is 12. The van der Waals surface area contributed by atoms with E-state index < -0.39 is 5.60 Å². The highest BCUT2D eigenvalue weighted by Gasteiger charge is 2.38. The summed E-state index contributed by atoms with van der Waals surface area (Å²) in [6.07, 6.45) is 1.07. The molecule has 0 bridgehead atoms. The summed E-state index contributed by atoms with van der Waals surface area (Å²) in [6.45, 7) is 12.0. The lowest BCUT2D eigenvalue weighted by Gasteiger charge is -2.28. The third-order valence-electron chi connectivity index (χ3n) is 5.91. The van der Waals surface area contributed by atoms with Crippen molar-refractivity contribution in [2.24, 2.45) is 17.8 Å². The number of carbonyl (C=O) groups is 1. The molecule has 2 unspecified atom stereocenters. The van der Waals surface area contributed by atoms with Crippen LogP contribution in [0.4, 0.5) is 4.79 Å². The topological polar surface area (TPSA) is 86.7 Å². The summed E-state index contributed by atoms with van der Waals surface area (Å²) in [5.41, 5.74) is -0.550. The largest absolute Gasteiger partial charge is 0.493 e. The lowest BCUT2D eigenvalue weighted by molar-refractivity contribution is 0.0277. The third kappa shape index (κ3) is 8.55. The molecule has 1 amide bonds. The van der Waals surface area contributed by atoms with Crippen LogP contribution in [0.5, 0.6) is 17.2 Å². The minimum atomic E-state index is -0.550. The first-order chi connectivity index (χ1) is 16.1. The van der Waals surface area contributed by atoms with E-state index in [4.69, 9.17) is 23.7 Å². The Morgan fingerprint density at radius 1 is 1.12 bits per heavy atom. The number of ether oxygens (including phenoxy) is 5. The van der Waals surface area contributed by atoms with Crippen LogP contribution in [0.3, 0.4) is 0 Å². The number of likely N-dealkylation sites (tertiary alicyclic amines) is 1. The van der Waals surface area contributed by atoms with Crippen LogP contribution in [0.1, 0.15) is 47.5 Å². The third-order valence-corrected chi connectivity index (χ3v) is 5.91. The van der Waals surface area contributed by atoms with E-state index in [0.717, 1.165) is 12.8 Å². The minimum absolute atomic E-state index is 0.00656. The minimum Gasteiger partial charge on any atom is -0.493 e. The average Bonchev–Trinajstić information content (AvgIpc) is 3.18. The number of hydrogen-bond donors (Lipinski definition) is 1. The lowest BCUT2D eigenvalue weighted by Crippen LogP contribution is -2.36. The molecule has 0 radical (unpaired) electrons. The SMILES string of the molecule is COCCCOc1cc(O[C@@H](CC2CN(C(=O)OC(C)(C)C)CC2CO)C(C)C)ccc1OC. The zero-order chi connectivity index (χ0) is 25.3. The molecular weight excluding hydrogens is 438 g/mol. The van der Waals surface area contributed by atoms with Gasteiger partial charge in [-0.25, -0.2) is 4.79 Å². The van der Waals surface area contributed by atoms with Crippen molar-refractivity contribution in [1.82, 2.24) is 4.90 Å². The van der Waals surface area contributed by atoms with Gasteiger partial charge in [-0.15, -0.1) is 0 Å². The first-order valence-corrected chi connectivity index (χ1v) is 12.1. The number of amides is 1. The van der Waals surface area contributed by atoms with Crippen LogP contribution in [-0.4, -0.2) is 74.9 Å². The number of aliphatic hydroxyl groups excluding tert-OH is 1. The van der Waals surface area contributed by atoms with E-state index >= 15 is 0 Å². The second-order valence-electron chi connectivity index (χ2n) is 10.2. The Balaban J connectivity index is 2.08. The van der Waals surface area contributed by atoms with Gasteiger partial charge in [0.05, 0.1) is 13.7 Å². The van der Waals surface area contributed by atoms with Crippen LogP contribution in [0, 0.1) is 17.8 Å². The molecule has 8 nitrogen and oxygen atoms in total. The number of methoxy groups -OCH3 is 2. The molecule has 0 saturated carbocycles. The Morgan fingerprint density at radius 2 is 1.82 bits per heavy atom. The number of nitrogens with zero attached hydrogens (tertiary/aromatic N) is 1. The molecule has 34 heavy (non-hydrogen) atoms. The summed E-state index contributed by atoms with van der Waals surface area (Å²) in [6, 6.07) is 5.57. The second-order valence-corrected chi connectivity index (χ2v) is 10.2. The van der Waals surface area contributed by atoms with Gasteiger partial charge in [0, 0.05) is 51.8 Å². The van der Waals surface area contributed by atoms with Crippen LogP contribution >= 0.6 is 0 Å². The molecule has 1 aromatic carbocycles. The summed E-state index contributed by atoms with van der Waals surface area (Å²) in [5, 5.41) is 9.97. The van der Waals surface area contributed by atoms with Crippen LogP contribution in [0.25, 0.3) is 0 Å². The molecular formula is C26H43NO7. The van der Waals surface area contributed by atoms with Gasteiger partial charge in [0.15, 0.2) is 11.5 Å². The normalized spacial score (nSPS) is 19.3. The predicted molar refractivity (Wildman–Crippen MR) is 131 cm³/mol. The smallest absolute Gasteiger partial charge is 0.410 e.